The number of aliphatic hydroxyl groups excluding tert-OH is 2. The number of benzene rings is 2. The maximum atomic E-state index is 10.3. The molecule has 4 N–H and O–H groups in total. The summed E-state index contributed by atoms with van der Waals surface area (Å²) < 4.78 is 0. The first-order valence-corrected chi connectivity index (χ1v) is 6.34. The molecule has 116 valence electrons. The van der Waals surface area contributed by atoms with E-state index in [1.54, 1.807) is 24.3 Å². The highest BCUT2D eigenvalue weighted by molar-refractivity contribution is 5.91. The Labute approximate surface area is 126 Å². The van der Waals surface area contributed by atoms with E-state index in [2.05, 4.69) is 0 Å². The van der Waals surface area contributed by atoms with Gasteiger partial charge in [-0.05, 0) is 35.4 Å². The van der Waals surface area contributed by atoms with Gasteiger partial charge >= 0.3 is 11.9 Å². The molecule has 0 heterocycles. The van der Waals surface area contributed by atoms with Gasteiger partial charge in [-0.3, -0.25) is 0 Å². The monoisotopic (exact) mass is 304 g/mol. The number of aromatic carboxylic acids is 2. The molecule has 0 aliphatic carbocycles. The third-order valence-corrected chi connectivity index (χ3v) is 2.77. The van der Waals surface area contributed by atoms with Crippen LogP contribution in [0.1, 0.15) is 31.8 Å². The number of carboxylic acid groups (broad SMARTS) is 2. The van der Waals surface area contributed by atoms with E-state index < -0.39 is 11.9 Å². The third-order valence-electron chi connectivity index (χ3n) is 2.77. The topological polar surface area (TPSA) is 115 Å². The molecule has 2 rings (SSSR count). The quantitative estimate of drug-likeness (QED) is 0.684. The van der Waals surface area contributed by atoms with Crippen LogP contribution in [-0.2, 0) is 13.2 Å². The highest BCUT2D eigenvalue weighted by atomic mass is 16.4. The van der Waals surface area contributed by atoms with Crippen molar-refractivity contribution in [2.75, 3.05) is 0 Å². The summed E-state index contributed by atoms with van der Waals surface area (Å²) in [5, 5.41) is 34.2. The maximum absolute atomic E-state index is 10.3. The van der Waals surface area contributed by atoms with Gasteiger partial charge in [-0.2, -0.15) is 0 Å². The molecule has 0 radical (unpaired) electrons. The molecular weight excluding hydrogens is 288 g/mol. The van der Waals surface area contributed by atoms with Crippen LogP contribution in [0.2, 0.25) is 0 Å². The molecule has 22 heavy (non-hydrogen) atoms. The number of hydrogen-bond acceptors (Lipinski definition) is 4. The highest BCUT2D eigenvalue weighted by Gasteiger charge is 2.04. The minimum atomic E-state index is -1.06. The van der Waals surface area contributed by atoms with Crippen molar-refractivity contribution in [3.05, 3.63) is 70.8 Å². The molecule has 0 fully saturated rings. The van der Waals surface area contributed by atoms with Gasteiger partial charge in [0.2, 0.25) is 0 Å². The smallest absolute Gasteiger partial charge is 0.335 e. The van der Waals surface area contributed by atoms with E-state index >= 15 is 0 Å². The molecule has 0 saturated carbocycles. The molecule has 0 atom stereocenters. The SMILES string of the molecule is O=C(O)c1ccc(C(=O)O)cc1.OCc1ccc(CO)cc1. The molecule has 0 amide bonds. The third kappa shape index (κ3) is 5.35. The minimum Gasteiger partial charge on any atom is -0.478 e. The number of carboxylic acids is 2. The Bertz CT molecular complexity index is 560. The fourth-order valence-corrected chi connectivity index (χ4v) is 1.51. The molecule has 0 aliphatic heterocycles. The Balaban J connectivity index is 0.000000224. The summed E-state index contributed by atoms with van der Waals surface area (Å²) in [6.45, 7) is 0.122. The molecular formula is C16H16O6. The highest BCUT2D eigenvalue weighted by Crippen LogP contribution is 2.04. The summed E-state index contributed by atoms with van der Waals surface area (Å²) in [6, 6.07) is 12.2. The normalized spacial score (nSPS) is 9.55. The first-order valence-electron chi connectivity index (χ1n) is 6.34. The van der Waals surface area contributed by atoms with Gasteiger partial charge in [0.1, 0.15) is 0 Å². The molecule has 0 aliphatic rings. The molecule has 0 saturated heterocycles. The van der Waals surface area contributed by atoms with E-state index in [1.807, 2.05) is 0 Å². The lowest BCUT2D eigenvalue weighted by Crippen LogP contribution is -1.99. The second-order valence-electron chi connectivity index (χ2n) is 4.32. The standard InChI is InChI=1S/C8H6O4.C8H10O2/c9-7(10)5-1-2-6(4-3-5)8(11)12;9-5-7-1-2-8(6-10)4-3-7/h1-4H,(H,9,10)(H,11,12);1-4,9-10H,5-6H2. The van der Waals surface area contributed by atoms with Gasteiger partial charge in [-0.1, -0.05) is 24.3 Å². The van der Waals surface area contributed by atoms with E-state index in [9.17, 15) is 9.59 Å². The summed E-state index contributed by atoms with van der Waals surface area (Å²) >= 11 is 0. The van der Waals surface area contributed by atoms with Crippen LogP contribution in [0.3, 0.4) is 0 Å². The number of carbonyl (C=O) groups is 2. The summed E-state index contributed by atoms with van der Waals surface area (Å²) in [7, 11) is 0. The van der Waals surface area contributed by atoms with Crippen LogP contribution in [0.4, 0.5) is 0 Å². The summed E-state index contributed by atoms with van der Waals surface area (Å²) in [5.41, 5.74) is 1.91. The number of rotatable bonds is 4. The largest absolute Gasteiger partial charge is 0.478 e. The summed E-state index contributed by atoms with van der Waals surface area (Å²) in [4.78, 5) is 20.7. The van der Waals surface area contributed by atoms with Crippen LogP contribution in [-0.4, -0.2) is 32.4 Å². The lowest BCUT2D eigenvalue weighted by Gasteiger charge is -1.96. The van der Waals surface area contributed by atoms with Gasteiger partial charge in [-0.25, -0.2) is 9.59 Å². The Morgan fingerprint density at radius 1 is 0.636 bits per heavy atom. The van der Waals surface area contributed by atoms with Crippen molar-refractivity contribution in [2.45, 2.75) is 13.2 Å². The number of aliphatic hydroxyl groups is 2. The predicted octanol–water partition coefficient (Wildman–Crippen LogP) is 1.75. The molecule has 0 aromatic heterocycles. The lowest BCUT2D eigenvalue weighted by molar-refractivity contribution is 0.0681. The molecule has 2 aromatic rings. The fraction of sp³-hybridized carbons (Fsp3) is 0.125. The molecule has 0 unspecified atom stereocenters. The van der Waals surface area contributed by atoms with Crippen LogP contribution in [0.5, 0.6) is 0 Å². The first-order chi connectivity index (χ1) is 10.5. The second-order valence-corrected chi connectivity index (χ2v) is 4.32. The van der Waals surface area contributed by atoms with Crippen molar-refractivity contribution in [2.24, 2.45) is 0 Å². The minimum absolute atomic E-state index is 0.0612. The summed E-state index contributed by atoms with van der Waals surface area (Å²) in [6.07, 6.45) is 0. The van der Waals surface area contributed by atoms with Gasteiger partial charge in [0.05, 0.1) is 24.3 Å². The number of hydrogen-bond donors (Lipinski definition) is 4. The molecule has 2 aromatic carbocycles. The maximum Gasteiger partial charge on any atom is 0.335 e. The van der Waals surface area contributed by atoms with Gasteiger partial charge in [0, 0.05) is 0 Å². The van der Waals surface area contributed by atoms with Gasteiger partial charge in [0.15, 0.2) is 0 Å². The first kappa shape index (κ1) is 17.4. The van der Waals surface area contributed by atoms with Crippen LogP contribution < -0.4 is 0 Å². The van der Waals surface area contributed by atoms with E-state index in [0.29, 0.717) is 0 Å². The Kier molecular flexibility index (Phi) is 6.75. The average molecular weight is 304 g/mol. The van der Waals surface area contributed by atoms with Crippen molar-refractivity contribution >= 4 is 11.9 Å². The lowest BCUT2D eigenvalue weighted by atomic mass is 10.1. The van der Waals surface area contributed by atoms with Crippen molar-refractivity contribution in [1.29, 1.82) is 0 Å². The van der Waals surface area contributed by atoms with E-state index in [1.165, 1.54) is 24.3 Å². The molecule has 6 nitrogen and oxygen atoms in total. The predicted molar refractivity (Wildman–Crippen MR) is 78.6 cm³/mol. The van der Waals surface area contributed by atoms with Crippen LogP contribution in [0.15, 0.2) is 48.5 Å². The Hall–Kier alpha value is -2.70. The fourth-order valence-electron chi connectivity index (χ4n) is 1.51. The molecule has 0 bridgehead atoms. The van der Waals surface area contributed by atoms with Crippen molar-refractivity contribution in [1.82, 2.24) is 0 Å². The second kappa shape index (κ2) is 8.56. The van der Waals surface area contributed by atoms with Crippen LogP contribution in [0, 0.1) is 0 Å². The van der Waals surface area contributed by atoms with E-state index in [-0.39, 0.29) is 24.3 Å². The Morgan fingerprint density at radius 3 is 1.09 bits per heavy atom. The Morgan fingerprint density at radius 2 is 0.909 bits per heavy atom. The van der Waals surface area contributed by atoms with Gasteiger partial charge in [0.25, 0.3) is 0 Å². The van der Waals surface area contributed by atoms with E-state index in [0.717, 1.165) is 11.1 Å². The zero-order valence-electron chi connectivity index (χ0n) is 11.6. The van der Waals surface area contributed by atoms with Gasteiger partial charge in [-0.15, -0.1) is 0 Å². The average Bonchev–Trinajstić information content (AvgIpc) is 2.55. The van der Waals surface area contributed by atoms with Crippen LogP contribution >= 0.6 is 0 Å². The summed E-state index contributed by atoms with van der Waals surface area (Å²) in [5.74, 6) is -2.13. The van der Waals surface area contributed by atoms with Crippen LogP contribution in [0.25, 0.3) is 0 Å². The van der Waals surface area contributed by atoms with Gasteiger partial charge < -0.3 is 20.4 Å². The van der Waals surface area contributed by atoms with Crippen molar-refractivity contribution in [3.8, 4) is 0 Å². The van der Waals surface area contributed by atoms with Crippen molar-refractivity contribution < 1.29 is 30.0 Å². The molecule has 0 spiro atoms. The van der Waals surface area contributed by atoms with E-state index in [4.69, 9.17) is 20.4 Å². The zero-order valence-corrected chi connectivity index (χ0v) is 11.6. The van der Waals surface area contributed by atoms with Crippen molar-refractivity contribution in [3.63, 3.8) is 0 Å². The molecule has 6 heteroatoms. The zero-order chi connectivity index (χ0) is 16.5.